The van der Waals surface area contributed by atoms with Crippen molar-refractivity contribution in [1.29, 1.82) is 0 Å². The van der Waals surface area contributed by atoms with E-state index in [1.165, 1.54) is 0 Å². The summed E-state index contributed by atoms with van der Waals surface area (Å²) in [6, 6.07) is 5.95. The van der Waals surface area contributed by atoms with Gasteiger partial charge >= 0.3 is 0 Å². The number of hydrogen-bond donors (Lipinski definition) is 1. The van der Waals surface area contributed by atoms with Gasteiger partial charge in [-0.2, -0.15) is 0 Å². The number of benzene rings is 1. The molecule has 0 amide bonds. The third-order valence-electron chi connectivity index (χ3n) is 2.37. The first-order valence-corrected chi connectivity index (χ1v) is 6.06. The SMILES string of the molecule is C#CCCC(NCC)c1ccc(Cl)c(Cl)c1. The van der Waals surface area contributed by atoms with Gasteiger partial charge in [0.1, 0.15) is 0 Å². The van der Waals surface area contributed by atoms with Crippen molar-refractivity contribution in [2.45, 2.75) is 25.8 Å². The summed E-state index contributed by atoms with van der Waals surface area (Å²) in [5.41, 5.74) is 1.13. The van der Waals surface area contributed by atoms with Crippen molar-refractivity contribution in [1.82, 2.24) is 5.32 Å². The zero-order valence-corrected chi connectivity index (χ0v) is 10.8. The van der Waals surface area contributed by atoms with Gasteiger partial charge in [0.05, 0.1) is 10.0 Å². The van der Waals surface area contributed by atoms with E-state index in [1.807, 2.05) is 18.2 Å². The molecule has 0 aliphatic rings. The van der Waals surface area contributed by atoms with Gasteiger partial charge in [-0.3, -0.25) is 0 Å². The molecule has 1 atom stereocenters. The molecule has 1 rings (SSSR count). The van der Waals surface area contributed by atoms with Crippen molar-refractivity contribution < 1.29 is 0 Å². The van der Waals surface area contributed by atoms with Gasteiger partial charge in [0.2, 0.25) is 0 Å². The Kier molecular flexibility index (Phi) is 5.69. The minimum absolute atomic E-state index is 0.246. The monoisotopic (exact) mass is 255 g/mol. The lowest BCUT2D eigenvalue weighted by molar-refractivity contribution is 0.523. The second-order valence-electron chi connectivity index (χ2n) is 3.53. The molecule has 3 heteroatoms. The molecule has 0 aliphatic heterocycles. The number of rotatable bonds is 5. The fourth-order valence-corrected chi connectivity index (χ4v) is 1.90. The first-order valence-electron chi connectivity index (χ1n) is 5.30. The summed E-state index contributed by atoms with van der Waals surface area (Å²) in [5, 5.41) is 4.55. The molecule has 0 saturated heterocycles. The van der Waals surface area contributed by atoms with Crippen molar-refractivity contribution >= 4 is 23.2 Å². The topological polar surface area (TPSA) is 12.0 Å². The lowest BCUT2D eigenvalue weighted by Crippen LogP contribution is -2.20. The van der Waals surface area contributed by atoms with Crippen LogP contribution < -0.4 is 5.32 Å². The highest BCUT2D eigenvalue weighted by atomic mass is 35.5. The Morgan fingerprint density at radius 1 is 1.38 bits per heavy atom. The van der Waals surface area contributed by atoms with Crippen LogP contribution in [-0.4, -0.2) is 6.54 Å². The van der Waals surface area contributed by atoms with E-state index in [2.05, 4.69) is 18.2 Å². The van der Waals surface area contributed by atoms with Gasteiger partial charge in [-0.25, -0.2) is 0 Å². The van der Waals surface area contributed by atoms with Crippen LogP contribution in [0.5, 0.6) is 0 Å². The molecule has 0 radical (unpaired) electrons. The number of terminal acetylenes is 1. The van der Waals surface area contributed by atoms with Crippen LogP contribution in [0.25, 0.3) is 0 Å². The van der Waals surface area contributed by atoms with E-state index in [4.69, 9.17) is 29.6 Å². The van der Waals surface area contributed by atoms with Gasteiger partial charge in [-0.05, 0) is 30.7 Å². The van der Waals surface area contributed by atoms with Crippen molar-refractivity contribution in [2.75, 3.05) is 6.54 Å². The largest absolute Gasteiger partial charge is 0.310 e. The molecule has 0 aromatic heterocycles. The van der Waals surface area contributed by atoms with E-state index in [9.17, 15) is 0 Å². The summed E-state index contributed by atoms with van der Waals surface area (Å²) in [5.74, 6) is 2.65. The molecule has 1 unspecified atom stereocenters. The van der Waals surface area contributed by atoms with Crippen LogP contribution in [-0.2, 0) is 0 Å². The molecule has 1 N–H and O–H groups in total. The van der Waals surface area contributed by atoms with Crippen LogP contribution in [0.15, 0.2) is 18.2 Å². The number of nitrogens with one attached hydrogen (secondary N) is 1. The molecular formula is C13H15Cl2N. The molecule has 1 aromatic rings. The summed E-state index contributed by atoms with van der Waals surface area (Å²) in [4.78, 5) is 0. The third-order valence-corrected chi connectivity index (χ3v) is 3.11. The van der Waals surface area contributed by atoms with Crippen molar-refractivity contribution in [3.63, 3.8) is 0 Å². The molecule has 1 aromatic carbocycles. The van der Waals surface area contributed by atoms with Gasteiger partial charge in [0, 0.05) is 12.5 Å². The molecule has 86 valence electrons. The van der Waals surface area contributed by atoms with Crippen molar-refractivity contribution in [2.24, 2.45) is 0 Å². The van der Waals surface area contributed by atoms with E-state index in [0.29, 0.717) is 10.0 Å². The van der Waals surface area contributed by atoms with Crippen LogP contribution in [0.3, 0.4) is 0 Å². The summed E-state index contributed by atoms with van der Waals surface area (Å²) in [7, 11) is 0. The van der Waals surface area contributed by atoms with Crippen molar-refractivity contribution in [3.05, 3.63) is 33.8 Å². The molecule has 0 aliphatic carbocycles. The maximum Gasteiger partial charge on any atom is 0.0595 e. The second-order valence-corrected chi connectivity index (χ2v) is 4.34. The Morgan fingerprint density at radius 3 is 2.69 bits per heavy atom. The normalized spacial score (nSPS) is 12.1. The van der Waals surface area contributed by atoms with Crippen LogP contribution in [0, 0.1) is 12.3 Å². The Labute approximate surface area is 107 Å². The van der Waals surface area contributed by atoms with Crippen LogP contribution in [0.4, 0.5) is 0 Å². The second kappa shape index (κ2) is 6.81. The lowest BCUT2D eigenvalue weighted by atomic mass is 10.0. The molecule has 16 heavy (non-hydrogen) atoms. The van der Waals surface area contributed by atoms with E-state index < -0.39 is 0 Å². The predicted molar refractivity (Wildman–Crippen MR) is 70.9 cm³/mol. The Balaban J connectivity index is 2.83. The fourth-order valence-electron chi connectivity index (χ4n) is 1.59. The van der Waals surface area contributed by atoms with Crippen LogP contribution >= 0.6 is 23.2 Å². The van der Waals surface area contributed by atoms with Gasteiger partial charge < -0.3 is 5.32 Å². The summed E-state index contributed by atoms with van der Waals surface area (Å²) < 4.78 is 0. The Hall–Kier alpha value is -0.680. The van der Waals surface area contributed by atoms with Crippen LogP contribution in [0.2, 0.25) is 10.0 Å². The third kappa shape index (κ3) is 3.72. The van der Waals surface area contributed by atoms with E-state index in [-0.39, 0.29) is 6.04 Å². The highest BCUT2D eigenvalue weighted by Crippen LogP contribution is 2.27. The first kappa shape index (κ1) is 13.4. The minimum Gasteiger partial charge on any atom is -0.310 e. The molecule has 1 nitrogen and oxygen atoms in total. The zero-order valence-electron chi connectivity index (χ0n) is 9.26. The summed E-state index contributed by atoms with van der Waals surface area (Å²) in [6.45, 7) is 2.97. The summed E-state index contributed by atoms with van der Waals surface area (Å²) >= 11 is 11.9. The van der Waals surface area contributed by atoms with E-state index in [0.717, 1.165) is 24.9 Å². The average Bonchev–Trinajstić information content (AvgIpc) is 2.28. The van der Waals surface area contributed by atoms with Gasteiger partial charge in [0.25, 0.3) is 0 Å². The fraction of sp³-hybridized carbons (Fsp3) is 0.385. The highest BCUT2D eigenvalue weighted by molar-refractivity contribution is 6.42. The van der Waals surface area contributed by atoms with Crippen LogP contribution in [0.1, 0.15) is 31.4 Å². The number of halogens is 2. The Bertz CT molecular complexity index is 382. The van der Waals surface area contributed by atoms with Gasteiger partial charge in [-0.1, -0.05) is 36.2 Å². The molecule has 0 spiro atoms. The average molecular weight is 256 g/mol. The quantitative estimate of drug-likeness (QED) is 0.783. The smallest absolute Gasteiger partial charge is 0.0595 e. The Morgan fingerprint density at radius 2 is 2.12 bits per heavy atom. The highest BCUT2D eigenvalue weighted by Gasteiger charge is 2.10. The summed E-state index contributed by atoms with van der Waals surface area (Å²) in [6.07, 6.45) is 6.93. The minimum atomic E-state index is 0.246. The maximum absolute atomic E-state index is 5.99. The molecular weight excluding hydrogens is 241 g/mol. The zero-order chi connectivity index (χ0) is 12.0. The maximum atomic E-state index is 5.99. The molecule has 0 saturated carbocycles. The van der Waals surface area contributed by atoms with E-state index in [1.54, 1.807) is 0 Å². The predicted octanol–water partition coefficient (Wildman–Crippen LogP) is 4.06. The molecule has 0 fully saturated rings. The number of hydrogen-bond acceptors (Lipinski definition) is 1. The van der Waals surface area contributed by atoms with Crippen molar-refractivity contribution in [3.8, 4) is 12.3 Å². The van der Waals surface area contributed by atoms with E-state index >= 15 is 0 Å². The first-order chi connectivity index (χ1) is 7.69. The van der Waals surface area contributed by atoms with Gasteiger partial charge in [-0.15, -0.1) is 12.3 Å². The lowest BCUT2D eigenvalue weighted by Gasteiger charge is -2.17. The molecule has 0 bridgehead atoms. The standard InChI is InChI=1S/C13H15Cl2N/c1-3-5-6-13(16-4-2)10-7-8-11(14)12(15)9-10/h1,7-9,13,16H,4-6H2,2H3. The van der Waals surface area contributed by atoms with Gasteiger partial charge in [0.15, 0.2) is 0 Å². The molecule has 0 heterocycles.